The number of carbonyl (C=O) groups is 2. The molecule has 0 aliphatic heterocycles. The molecule has 0 bridgehead atoms. The van der Waals surface area contributed by atoms with Gasteiger partial charge in [-0.25, -0.2) is 0 Å². The summed E-state index contributed by atoms with van der Waals surface area (Å²) in [5, 5.41) is 1.94. The number of amides is 1. The Morgan fingerprint density at radius 3 is 2.79 bits per heavy atom. The van der Waals surface area contributed by atoms with E-state index in [0.29, 0.717) is 18.0 Å². The molecule has 146 valence electrons. The lowest BCUT2D eigenvalue weighted by Crippen LogP contribution is -2.22. The monoisotopic (exact) mass is 416 g/mol. The van der Waals surface area contributed by atoms with Crippen molar-refractivity contribution >= 4 is 50.8 Å². The first-order valence-corrected chi connectivity index (χ1v) is 10.5. The lowest BCUT2D eigenvalue weighted by atomic mass is 10.3. The van der Waals surface area contributed by atoms with E-state index in [4.69, 9.17) is 9.47 Å². The van der Waals surface area contributed by atoms with E-state index < -0.39 is 0 Å². The maximum atomic E-state index is 12.3. The number of esters is 1. The first-order valence-electron chi connectivity index (χ1n) is 8.82. The van der Waals surface area contributed by atoms with Crippen molar-refractivity contribution in [3.05, 3.63) is 51.5 Å². The summed E-state index contributed by atoms with van der Waals surface area (Å²) >= 11 is 2.87. The minimum absolute atomic E-state index is 0.0113. The number of thiophene rings is 1. The van der Waals surface area contributed by atoms with Gasteiger partial charge in [0.2, 0.25) is 0 Å². The van der Waals surface area contributed by atoms with Gasteiger partial charge in [-0.3, -0.25) is 9.59 Å². The van der Waals surface area contributed by atoms with Gasteiger partial charge in [0.25, 0.3) is 5.91 Å². The van der Waals surface area contributed by atoms with Gasteiger partial charge in [-0.05, 0) is 49.6 Å². The maximum absolute atomic E-state index is 12.3. The fraction of sp³-hybridized carbons (Fsp3) is 0.250. The summed E-state index contributed by atoms with van der Waals surface area (Å²) in [5.41, 5.74) is 0.801. The molecule has 2 aromatic heterocycles. The van der Waals surface area contributed by atoms with Gasteiger partial charge in [0.15, 0.2) is 4.80 Å². The van der Waals surface area contributed by atoms with Crippen LogP contribution in [0.25, 0.3) is 16.3 Å². The zero-order chi connectivity index (χ0) is 19.9. The van der Waals surface area contributed by atoms with Crippen LogP contribution in [0.1, 0.15) is 18.7 Å². The summed E-state index contributed by atoms with van der Waals surface area (Å²) in [6.07, 6.45) is 3.16. The quantitative estimate of drug-likeness (QED) is 0.433. The molecule has 3 aromatic rings. The zero-order valence-corrected chi connectivity index (χ0v) is 17.2. The third kappa shape index (κ3) is 4.96. The lowest BCUT2D eigenvalue weighted by molar-refractivity contribution is -0.143. The number of thiazole rings is 1. The molecule has 1 amide bonds. The van der Waals surface area contributed by atoms with Crippen molar-refractivity contribution in [1.29, 1.82) is 0 Å². The third-order valence-corrected chi connectivity index (χ3v) is 5.58. The van der Waals surface area contributed by atoms with Crippen LogP contribution >= 0.6 is 22.7 Å². The molecule has 28 heavy (non-hydrogen) atoms. The lowest BCUT2D eigenvalue weighted by Gasteiger charge is -2.06. The number of hydrogen-bond acceptors (Lipinski definition) is 6. The van der Waals surface area contributed by atoms with Crippen LogP contribution in [-0.2, 0) is 20.9 Å². The Bertz CT molecular complexity index is 1060. The average Bonchev–Trinajstić information content (AvgIpc) is 3.29. The van der Waals surface area contributed by atoms with Crippen LogP contribution in [0.2, 0.25) is 0 Å². The standard InChI is InChI=1S/C20H20N2O4S2/c1-3-25-14-7-9-16-17(12-14)28-20(22(16)13-19(24)26-4-2)21-18(23)10-8-15-6-5-11-27-15/h5-12H,3-4,13H2,1-2H3. The maximum Gasteiger partial charge on any atom is 0.326 e. The average molecular weight is 417 g/mol. The molecular weight excluding hydrogens is 396 g/mol. The smallest absolute Gasteiger partial charge is 0.326 e. The van der Waals surface area contributed by atoms with Crippen LogP contribution in [0.5, 0.6) is 5.75 Å². The van der Waals surface area contributed by atoms with E-state index in [1.54, 1.807) is 17.6 Å². The summed E-state index contributed by atoms with van der Waals surface area (Å²) in [7, 11) is 0. The molecular formula is C20H20N2O4S2. The van der Waals surface area contributed by atoms with Crippen LogP contribution in [0.4, 0.5) is 0 Å². The van der Waals surface area contributed by atoms with E-state index >= 15 is 0 Å². The summed E-state index contributed by atoms with van der Waals surface area (Å²) in [6, 6.07) is 9.42. The Morgan fingerprint density at radius 1 is 1.21 bits per heavy atom. The molecule has 0 aliphatic carbocycles. The first kappa shape index (κ1) is 20.0. The number of ether oxygens (including phenoxy) is 2. The first-order chi connectivity index (χ1) is 13.6. The number of carbonyl (C=O) groups excluding carboxylic acids is 2. The topological polar surface area (TPSA) is 69.9 Å². The van der Waals surface area contributed by atoms with E-state index in [1.807, 2.05) is 42.6 Å². The van der Waals surface area contributed by atoms with Crippen molar-refractivity contribution in [1.82, 2.24) is 4.57 Å². The van der Waals surface area contributed by atoms with Gasteiger partial charge in [0, 0.05) is 11.0 Å². The van der Waals surface area contributed by atoms with Crippen LogP contribution < -0.4 is 9.54 Å². The Morgan fingerprint density at radius 2 is 2.07 bits per heavy atom. The second-order valence-electron chi connectivity index (χ2n) is 5.64. The van der Waals surface area contributed by atoms with Crippen LogP contribution in [0.3, 0.4) is 0 Å². The SMILES string of the molecule is CCOC(=O)Cn1c(=NC(=O)C=Cc2cccs2)sc2cc(OCC)ccc21. The highest BCUT2D eigenvalue weighted by molar-refractivity contribution is 7.16. The predicted octanol–water partition coefficient (Wildman–Crippen LogP) is 3.87. The second kappa shape index (κ2) is 9.48. The van der Waals surface area contributed by atoms with Crippen LogP contribution in [0, 0.1) is 0 Å². The van der Waals surface area contributed by atoms with Gasteiger partial charge in [-0.2, -0.15) is 4.99 Å². The number of benzene rings is 1. The van der Waals surface area contributed by atoms with Crippen LogP contribution in [0.15, 0.2) is 46.8 Å². The van der Waals surface area contributed by atoms with Crippen LogP contribution in [-0.4, -0.2) is 29.7 Å². The Kier molecular flexibility index (Phi) is 6.78. The molecule has 0 spiro atoms. The Balaban J connectivity index is 2.00. The predicted molar refractivity (Wildman–Crippen MR) is 112 cm³/mol. The number of nitrogens with zero attached hydrogens (tertiary/aromatic N) is 2. The van der Waals surface area contributed by atoms with E-state index in [2.05, 4.69) is 4.99 Å². The molecule has 3 rings (SSSR count). The van der Waals surface area contributed by atoms with Crippen molar-refractivity contribution in [2.45, 2.75) is 20.4 Å². The highest BCUT2D eigenvalue weighted by atomic mass is 32.1. The molecule has 0 atom stereocenters. The molecule has 0 saturated heterocycles. The van der Waals surface area contributed by atoms with E-state index in [-0.39, 0.29) is 18.4 Å². The molecule has 0 unspecified atom stereocenters. The second-order valence-corrected chi connectivity index (χ2v) is 7.63. The number of fused-ring (bicyclic) bond motifs is 1. The molecule has 1 aromatic carbocycles. The van der Waals surface area contributed by atoms with E-state index in [0.717, 1.165) is 20.8 Å². The van der Waals surface area contributed by atoms with Gasteiger partial charge < -0.3 is 14.0 Å². The number of aromatic nitrogens is 1. The van der Waals surface area contributed by atoms with Crippen molar-refractivity contribution < 1.29 is 19.1 Å². The Hall–Kier alpha value is -2.71. The molecule has 2 heterocycles. The van der Waals surface area contributed by atoms with Gasteiger partial charge >= 0.3 is 5.97 Å². The van der Waals surface area contributed by atoms with Crippen molar-refractivity contribution in [2.24, 2.45) is 4.99 Å². The number of hydrogen-bond donors (Lipinski definition) is 0. The summed E-state index contributed by atoms with van der Waals surface area (Å²) in [5.74, 6) is -0.0308. The van der Waals surface area contributed by atoms with Crippen molar-refractivity contribution in [2.75, 3.05) is 13.2 Å². The fourth-order valence-electron chi connectivity index (χ4n) is 2.55. The van der Waals surface area contributed by atoms with E-state index in [1.165, 1.54) is 28.7 Å². The fourth-order valence-corrected chi connectivity index (χ4v) is 4.24. The summed E-state index contributed by atoms with van der Waals surface area (Å²) in [6.45, 7) is 4.52. The van der Waals surface area contributed by atoms with E-state index in [9.17, 15) is 9.59 Å². The highest BCUT2D eigenvalue weighted by Gasteiger charge is 2.12. The summed E-state index contributed by atoms with van der Waals surface area (Å²) in [4.78, 5) is 30.0. The van der Waals surface area contributed by atoms with Gasteiger partial charge in [-0.15, -0.1) is 11.3 Å². The molecule has 6 nitrogen and oxygen atoms in total. The normalized spacial score (nSPS) is 12.0. The largest absolute Gasteiger partial charge is 0.494 e. The molecule has 0 aliphatic rings. The summed E-state index contributed by atoms with van der Waals surface area (Å²) < 4.78 is 13.2. The van der Waals surface area contributed by atoms with Gasteiger partial charge in [0.1, 0.15) is 12.3 Å². The van der Waals surface area contributed by atoms with Gasteiger partial charge in [-0.1, -0.05) is 17.4 Å². The highest BCUT2D eigenvalue weighted by Crippen LogP contribution is 2.23. The molecule has 0 radical (unpaired) electrons. The Labute approximate surface area is 170 Å². The third-order valence-electron chi connectivity index (χ3n) is 3.70. The molecule has 0 N–H and O–H groups in total. The van der Waals surface area contributed by atoms with Gasteiger partial charge in [0.05, 0.1) is 23.4 Å². The molecule has 8 heteroatoms. The minimum atomic E-state index is -0.386. The minimum Gasteiger partial charge on any atom is -0.494 e. The molecule has 0 fully saturated rings. The van der Waals surface area contributed by atoms with Crippen molar-refractivity contribution in [3.63, 3.8) is 0 Å². The number of rotatable bonds is 7. The van der Waals surface area contributed by atoms with Crippen molar-refractivity contribution in [3.8, 4) is 5.75 Å². The molecule has 0 saturated carbocycles. The zero-order valence-electron chi connectivity index (χ0n) is 15.6.